The number of alkyl halides is 3. The number of amides is 1. The first-order valence-corrected chi connectivity index (χ1v) is 5.78. The van der Waals surface area contributed by atoms with Crippen molar-refractivity contribution >= 4 is 5.91 Å². The molecular weight excluding hydrogens is 269 g/mol. The maximum Gasteiger partial charge on any atom is 0.416 e. The van der Waals surface area contributed by atoms with E-state index in [0.29, 0.717) is 5.69 Å². The van der Waals surface area contributed by atoms with Crippen molar-refractivity contribution in [1.82, 2.24) is 4.98 Å². The largest absolute Gasteiger partial charge is 0.416 e. The predicted octanol–water partition coefficient (Wildman–Crippen LogP) is 2.79. The summed E-state index contributed by atoms with van der Waals surface area (Å²) in [7, 11) is 0. The Labute approximate surface area is 113 Å². The van der Waals surface area contributed by atoms with Gasteiger partial charge in [0, 0.05) is 23.9 Å². The molecule has 0 saturated heterocycles. The molecule has 3 nitrogen and oxygen atoms in total. The lowest BCUT2D eigenvalue weighted by Crippen LogP contribution is -2.12. The van der Waals surface area contributed by atoms with E-state index in [4.69, 9.17) is 5.73 Å². The molecule has 6 heteroatoms. The van der Waals surface area contributed by atoms with Crippen LogP contribution < -0.4 is 5.73 Å². The van der Waals surface area contributed by atoms with E-state index in [9.17, 15) is 18.0 Å². The quantitative estimate of drug-likeness (QED) is 0.939. The zero-order chi connectivity index (χ0) is 14.8. The second-order valence-corrected chi connectivity index (χ2v) is 4.23. The first-order valence-electron chi connectivity index (χ1n) is 5.78. The van der Waals surface area contributed by atoms with Gasteiger partial charge in [-0.2, -0.15) is 13.2 Å². The Hall–Kier alpha value is -2.37. The molecule has 0 aliphatic carbocycles. The fourth-order valence-electron chi connectivity index (χ4n) is 1.87. The Balaban J connectivity index is 2.36. The zero-order valence-electron chi connectivity index (χ0n) is 10.3. The molecule has 0 aliphatic rings. The second-order valence-electron chi connectivity index (χ2n) is 4.23. The van der Waals surface area contributed by atoms with E-state index in [1.807, 2.05) is 0 Å². The van der Waals surface area contributed by atoms with Crippen LogP contribution in [0.25, 0.3) is 0 Å². The van der Waals surface area contributed by atoms with Crippen LogP contribution >= 0.6 is 0 Å². The van der Waals surface area contributed by atoms with Crippen molar-refractivity contribution in [2.75, 3.05) is 0 Å². The van der Waals surface area contributed by atoms with Gasteiger partial charge in [-0.15, -0.1) is 0 Å². The lowest BCUT2D eigenvalue weighted by Gasteiger charge is -2.12. The Kier molecular flexibility index (Phi) is 3.74. The van der Waals surface area contributed by atoms with Gasteiger partial charge in [-0.05, 0) is 23.8 Å². The molecule has 1 heterocycles. The number of nitrogens with two attached hydrogens (primary N) is 1. The van der Waals surface area contributed by atoms with E-state index in [1.165, 1.54) is 36.5 Å². The molecule has 2 aromatic rings. The number of carbonyl (C=O) groups excluding carboxylic acids is 1. The number of nitrogens with zero attached hydrogens (tertiary/aromatic N) is 1. The van der Waals surface area contributed by atoms with Crippen molar-refractivity contribution < 1.29 is 18.0 Å². The third-order valence-electron chi connectivity index (χ3n) is 2.80. The van der Waals surface area contributed by atoms with E-state index < -0.39 is 17.6 Å². The molecule has 2 N–H and O–H groups in total. The Morgan fingerprint density at radius 1 is 1.20 bits per heavy atom. The highest BCUT2D eigenvalue weighted by Gasteiger charge is 2.32. The Morgan fingerprint density at radius 3 is 2.55 bits per heavy atom. The van der Waals surface area contributed by atoms with E-state index in [2.05, 4.69) is 4.98 Å². The predicted molar refractivity (Wildman–Crippen MR) is 67.0 cm³/mol. The maximum absolute atomic E-state index is 12.9. The molecule has 0 spiro atoms. The summed E-state index contributed by atoms with van der Waals surface area (Å²) in [6, 6.07) is 8.09. The SMILES string of the molecule is NC(=O)c1ccnc(Cc2ccccc2C(F)(F)F)c1. The summed E-state index contributed by atoms with van der Waals surface area (Å²) in [4.78, 5) is 15.0. The highest BCUT2D eigenvalue weighted by Crippen LogP contribution is 2.32. The average Bonchev–Trinajstić information content (AvgIpc) is 2.38. The van der Waals surface area contributed by atoms with Gasteiger partial charge >= 0.3 is 6.18 Å². The van der Waals surface area contributed by atoms with E-state index >= 15 is 0 Å². The Morgan fingerprint density at radius 2 is 1.90 bits per heavy atom. The molecule has 1 aromatic carbocycles. The number of halogens is 3. The lowest BCUT2D eigenvalue weighted by atomic mass is 10.0. The van der Waals surface area contributed by atoms with Crippen LogP contribution in [0.4, 0.5) is 13.2 Å². The minimum Gasteiger partial charge on any atom is -0.366 e. The fraction of sp³-hybridized carbons (Fsp3) is 0.143. The highest BCUT2D eigenvalue weighted by molar-refractivity contribution is 5.92. The second kappa shape index (κ2) is 5.32. The standard InChI is InChI=1S/C14H11F3N2O/c15-14(16,17)12-4-2-1-3-9(12)7-11-8-10(13(18)20)5-6-19-11/h1-6,8H,7H2,(H2,18,20). The van der Waals surface area contributed by atoms with Crippen molar-refractivity contribution in [3.63, 3.8) is 0 Å². The minimum atomic E-state index is -4.42. The van der Waals surface area contributed by atoms with E-state index in [1.54, 1.807) is 0 Å². The summed E-state index contributed by atoms with van der Waals surface area (Å²) >= 11 is 0. The molecule has 0 aliphatic heterocycles. The molecule has 0 fully saturated rings. The molecular formula is C14H11F3N2O. The molecule has 0 unspecified atom stereocenters. The molecule has 1 amide bonds. The number of pyridine rings is 1. The number of aromatic nitrogens is 1. The summed E-state index contributed by atoms with van der Waals surface area (Å²) in [6.45, 7) is 0. The van der Waals surface area contributed by atoms with Crippen LogP contribution in [-0.4, -0.2) is 10.9 Å². The van der Waals surface area contributed by atoms with Crippen LogP contribution in [0.5, 0.6) is 0 Å². The smallest absolute Gasteiger partial charge is 0.366 e. The number of hydrogen-bond acceptors (Lipinski definition) is 2. The van der Waals surface area contributed by atoms with Crippen LogP contribution in [0.1, 0.15) is 27.2 Å². The molecule has 0 bridgehead atoms. The van der Waals surface area contributed by atoms with Crippen molar-refractivity contribution in [3.05, 3.63) is 65.0 Å². The van der Waals surface area contributed by atoms with Crippen molar-refractivity contribution in [3.8, 4) is 0 Å². The van der Waals surface area contributed by atoms with Crippen LogP contribution in [0, 0.1) is 0 Å². The topological polar surface area (TPSA) is 56.0 Å². The minimum absolute atomic E-state index is 0.0171. The fourth-order valence-corrected chi connectivity index (χ4v) is 1.87. The summed E-state index contributed by atoms with van der Waals surface area (Å²) in [5.41, 5.74) is 5.11. The van der Waals surface area contributed by atoms with E-state index in [0.717, 1.165) is 6.07 Å². The molecule has 0 saturated carbocycles. The number of rotatable bonds is 3. The van der Waals surface area contributed by atoms with Gasteiger partial charge in [0.05, 0.1) is 5.56 Å². The molecule has 1 aromatic heterocycles. The van der Waals surface area contributed by atoms with Crippen LogP contribution in [0.3, 0.4) is 0 Å². The molecule has 20 heavy (non-hydrogen) atoms. The van der Waals surface area contributed by atoms with Crippen LogP contribution in [0.15, 0.2) is 42.6 Å². The number of primary amides is 1. The molecule has 104 valence electrons. The van der Waals surface area contributed by atoms with Gasteiger partial charge in [0.1, 0.15) is 0 Å². The highest BCUT2D eigenvalue weighted by atomic mass is 19.4. The maximum atomic E-state index is 12.9. The number of hydrogen-bond donors (Lipinski definition) is 1. The third kappa shape index (κ3) is 3.14. The summed E-state index contributed by atoms with van der Waals surface area (Å²) in [5.74, 6) is -0.641. The monoisotopic (exact) mass is 280 g/mol. The van der Waals surface area contributed by atoms with Gasteiger partial charge in [0.15, 0.2) is 0 Å². The molecule has 0 atom stereocenters. The molecule has 0 radical (unpaired) electrons. The third-order valence-corrected chi connectivity index (χ3v) is 2.80. The first kappa shape index (κ1) is 14.0. The van der Waals surface area contributed by atoms with Gasteiger partial charge in [0.25, 0.3) is 0 Å². The van der Waals surface area contributed by atoms with Crippen LogP contribution in [0.2, 0.25) is 0 Å². The summed E-state index contributed by atoms with van der Waals surface area (Å²) in [5, 5.41) is 0. The van der Waals surface area contributed by atoms with Gasteiger partial charge in [-0.25, -0.2) is 0 Å². The van der Waals surface area contributed by atoms with Gasteiger partial charge < -0.3 is 5.73 Å². The zero-order valence-corrected chi connectivity index (χ0v) is 10.3. The molecule has 2 rings (SSSR count). The van der Waals surface area contributed by atoms with Gasteiger partial charge in [-0.1, -0.05) is 18.2 Å². The van der Waals surface area contributed by atoms with Crippen molar-refractivity contribution in [2.45, 2.75) is 12.6 Å². The van der Waals surface area contributed by atoms with Crippen LogP contribution in [-0.2, 0) is 12.6 Å². The average molecular weight is 280 g/mol. The van der Waals surface area contributed by atoms with Gasteiger partial charge in [-0.3, -0.25) is 9.78 Å². The Bertz CT molecular complexity index is 638. The van der Waals surface area contributed by atoms with Gasteiger partial charge in [0.2, 0.25) is 5.91 Å². The number of carbonyl (C=O) groups is 1. The summed E-state index contributed by atoms with van der Waals surface area (Å²) in [6.07, 6.45) is -3.08. The van der Waals surface area contributed by atoms with Crippen molar-refractivity contribution in [2.24, 2.45) is 5.73 Å². The normalized spacial score (nSPS) is 11.3. The number of benzene rings is 1. The van der Waals surface area contributed by atoms with E-state index in [-0.39, 0.29) is 17.5 Å². The van der Waals surface area contributed by atoms with Crippen molar-refractivity contribution in [1.29, 1.82) is 0 Å². The first-order chi connectivity index (χ1) is 9.38. The summed E-state index contributed by atoms with van der Waals surface area (Å²) < 4.78 is 38.6. The lowest BCUT2D eigenvalue weighted by molar-refractivity contribution is -0.138.